The van der Waals surface area contributed by atoms with Crippen molar-refractivity contribution in [2.24, 2.45) is 7.05 Å². The molecule has 1 saturated heterocycles. The Hall–Kier alpha value is -2.41. The Labute approximate surface area is 125 Å². The molecular formula is C17H20N4. The first-order valence-electron chi connectivity index (χ1n) is 7.40. The number of nitrogens with one attached hydrogen (secondary N) is 1. The van der Waals surface area contributed by atoms with Crippen molar-refractivity contribution in [3.05, 3.63) is 47.8 Å². The molecule has 1 aromatic heterocycles. The number of nitrogens with zero attached hydrogens (tertiary/aromatic N) is 3. The van der Waals surface area contributed by atoms with Gasteiger partial charge in [0.25, 0.3) is 0 Å². The van der Waals surface area contributed by atoms with E-state index in [-0.39, 0.29) is 0 Å². The third-order valence-corrected chi connectivity index (χ3v) is 3.99. The van der Waals surface area contributed by atoms with E-state index in [0.29, 0.717) is 5.69 Å². The highest BCUT2D eigenvalue weighted by Gasteiger charge is 2.12. The van der Waals surface area contributed by atoms with Gasteiger partial charge in [0.05, 0.1) is 0 Å². The Morgan fingerprint density at radius 2 is 2.05 bits per heavy atom. The van der Waals surface area contributed by atoms with Crippen LogP contribution < -0.4 is 10.2 Å². The van der Waals surface area contributed by atoms with E-state index in [2.05, 4.69) is 40.6 Å². The van der Waals surface area contributed by atoms with E-state index in [0.717, 1.165) is 30.9 Å². The Bertz CT molecular complexity index is 660. The van der Waals surface area contributed by atoms with Gasteiger partial charge in [-0.3, -0.25) is 0 Å². The van der Waals surface area contributed by atoms with Crippen molar-refractivity contribution in [3.63, 3.8) is 0 Å². The van der Waals surface area contributed by atoms with Crippen molar-refractivity contribution in [1.82, 2.24) is 4.57 Å². The molecule has 0 saturated carbocycles. The molecule has 4 nitrogen and oxygen atoms in total. The Morgan fingerprint density at radius 3 is 2.76 bits per heavy atom. The summed E-state index contributed by atoms with van der Waals surface area (Å²) < 4.78 is 1.86. The molecule has 1 N–H and O–H groups in total. The summed E-state index contributed by atoms with van der Waals surface area (Å²) in [5.74, 6) is 0. The molecule has 2 heterocycles. The van der Waals surface area contributed by atoms with Crippen LogP contribution in [0.25, 0.3) is 0 Å². The number of aryl methyl sites for hydroxylation is 1. The van der Waals surface area contributed by atoms with E-state index in [1.807, 2.05) is 23.9 Å². The van der Waals surface area contributed by atoms with Crippen LogP contribution >= 0.6 is 0 Å². The van der Waals surface area contributed by atoms with Gasteiger partial charge in [0, 0.05) is 44.3 Å². The van der Waals surface area contributed by atoms with E-state index in [4.69, 9.17) is 5.26 Å². The highest BCUT2D eigenvalue weighted by atomic mass is 15.1. The van der Waals surface area contributed by atoms with Gasteiger partial charge in [0.1, 0.15) is 11.8 Å². The third kappa shape index (κ3) is 3.03. The molecule has 0 bridgehead atoms. The van der Waals surface area contributed by atoms with Crippen LogP contribution in [0.15, 0.2) is 36.5 Å². The number of anilines is 2. The van der Waals surface area contributed by atoms with Crippen LogP contribution in [0.1, 0.15) is 24.1 Å². The van der Waals surface area contributed by atoms with Crippen LogP contribution in [0, 0.1) is 11.3 Å². The summed E-state index contributed by atoms with van der Waals surface area (Å²) in [6.45, 7) is 3.06. The highest BCUT2D eigenvalue weighted by Crippen LogP contribution is 2.23. The Morgan fingerprint density at radius 1 is 1.24 bits per heavy atom. The van der Waals surface area contributed by atoms with Crippen LogP contribution in [0.4, 0.5) is 11.4 Å². The van der Waals surface area contributed by atoms with Gasteiger partial charge in [-0.15, -0.1) is 0 Å². The smallest absolute Gasteiger partial charge is 0.120 e. The second-order valence-electron chi connectivity index (χ2n) is 5.55. The van der Waals surface area contributed by atoms with Gasteiger partial charge in [-0.25, -0.2) is 0 Å². The molecule has 3 rings (SSSR count). The standard InChI is InChI=1S/C17H20N4/c1-20-13-14(9-17(20)11-18)12-19-15-5-4-6-16(10-15)21-7-2-3-8-21/h4-6,9-10,13,19H,2-3,7-8,12H2,1H3. The summed E-state index contributed by atoms with van der Waals surface area (Å²) in [5, 5.41) is 12.4. The molecule has 0 spiro atoms. The number of benzene rings is 1. The molecular weight excluding hydrogens is 260 g/mol. The molecule has 4 heteroatoms. The van der Waals surface area contributed by atoms with E-state index < -0.39 is 0 Å². The lowest BCUT2D eigenvalue weighted by Gasteiger charge is -2.18. The first-order valence-corrected chi connectivity index (χ1v) is 7.40. The van der Waals surface area contributed by atoms with Crippen LogP contribution in [0.5, 0.6) is 0 Å². The average Bonchev–Trinajstić information content (AvgIpc) is 3.15. The van der Waals surface area contributed by atoms with Crippen molar-refractivity contribution in [1.29, 1.82) is 5.26 Å². The fourth-order valence-corrected chi connectivity index (χ4v) is 2.83. The molecule has 1 aliphatic heterocycles. The highest BCUT2D eigenvalue weighted by molar-refractivity contribution is 5.58. The molecule has 21 heavy (non-hydrogen) atoms. The summed E-state index contributed by atoms with van der Waals surface area (Å²) in [6, 6.07) is 12.7. The number of hydrogen-bond acceptors (Lipinski definition) is 3. The van der Waals surface area contributed by atoms with E-state index in [1.165, 1.54) is 18.5 Å². The van der Waals surface area contributed by atoms with E-state index in [1.54, 1.807) is 0 Å². The van der Waals surface area contributed by atoms with Crippen molar-refractivity contribution in [2.75, 3.05) is 23.3 Å². The summed E-state index contributed by atoms with van der Waals surface area (Å²) in [5.41, 5.74) is 4.24. The zero-order valence-corrected chi connectivity index (χ0v) is 12.3. The second-order valence-corrected chi connectivity index (χ2v) is 5.55. The maximum atomic E-state index is 8.98. The molecule has 2 aromatic rings. The van der Waals surface area contributed by atoms with Crippen LogP contribution in [0.2, 0.25) is 0 Å². The minimum atomic E-state index is 0.692. The van der Waals surface area contributed by atoms with E-state index in [9.17, 15) is 0 Å². The minimum Gasteiger partial charge on any atom is -0.381 e. The van der Waals surface area contributed by atoms with Crippen molar-refractivity contribution in [3.8, 4) is 6.07 Å². The summed E-state index contributed by atoms with van der Waals surface area (Å²) in [6.07, 6.45) is 4.58. The van der Waals surface area contributed by atoms with Gasteiger partial charge >= 0.3 is 0 Å². The fourth-order valence-electron chi connectivity index (χ4n) is 2.83. The molecule has 1 aromatic carbocycles. The van der Waals surface area contributed by atoms with Crippen LogP contribution in [0.3, 0.4) is 0 Å². The first kappa shape index (κ1) is 13.6. The minimum absolute atomic E-state index is 0.692. The lowest BCUT2D eigenvalue weighted by Crippen LogP contribution is -2.17. The third-order valence-electron chi connectivity index (χ3n) is 3.99. The van der Waals surface area contributed by atoms with Crippen molar-refractivity contribution < 1.29 is 0 Å². The van der Waals surface area contributed by atoms with Crippen molar-refractivity contribution >= 4 is 11.4 Å². The van der Waals surface area contributed by atoms with Gasteiger partial charge < -0.3 is 14.8 Å². The van der Waals surface area contributed by atoms with Gasteiger partial charge in [-0.05, 0) is 42.7 Å². The molecule has 0 atom stereocenters. The molecule has 0 aliphatic carbocycles. The number of nitriles is 1. The maximum Gasteiger partial charge on any atom is 0.120 e. The molecule has 108 valence electrons. The zero-order valence-electron chi connectivity index (χ0n) is 12.3. The summed E-state index contributed by atoms with van der Waals surface area (Å²) >= 11 is 0. The zero-order chi connectivity index (χ0) is 14.7. The molecule has 0 radical (unpaired) electrons. The normalized spacial score (nSPS) is 14.2. The SMILES string of the molecule is Cn1cc(CNc2cccc(N3CCCC3)c2)cc1C#N. The largest absolute Gasteiger partial charge is 0.381 e. The Balaban J connectivity index is 1.67. The number of aromatic nitrogens is 1. The molecule has 1 aliphatic rings. The van der Waals surface area contributed by atoms with E-state index >= 15 is 0 Å². The fraction of sp³-hybridized carbons (Fsp3) is 0.353. The van der Waals surface area contributed by atoms with Crippen molar-refractivity contribution in [2.45, 2.75) is 19.4 Å². The topological polar surface area (TPSA) is 44.0 Å². The monoisotopic (exact) mass is 280 g/mol. The van der Waals surface area contributed by atoms with Gasteiger partial charge in [-0.2, -0.15) is 5.26 Å². The lowest BCUT2D eigenvalue weighted by molar-refractivity contribution is 0.902. The number of hydrogen-bond donors (Lipinski definition) is 1. The van der Waals surface area contributed by atoms with Gasteiger partial charge in [0.2, 0.25) is 0 Å². The molecule has 0 amide bonds. The van der Waals surface area contributed by atoms with Gasteiger partial charge in [0.15, 0.2) is 0 Å². The second kappa shape index (κ2) is 5.92. The molecule has 1 fully saturated rings. The first-order chi connectivity index (χ1) is 10.3. The summed E-state index contributed by atoms with van der Waals surface area (Å²) in [7, 11) is 1.90. The van der Waals surface area contributed by atoms with Gasteiger partial charge in [-0.1, -0.05) is 6.07 Å². The van der Waals surface area contributed by atoms with Crippen LogP contribution in [-0.2, 0) is 13.6 Å². The maximum absolute atomic E-state index is 8.98. The molecule has 0 unspecified atom stereocenters. The summed E-state index contributed by atoms with van der Waals surface area (Å²) in [4.78, 5) is 2.43. The Kier molecular flexibility index (Phi) is 3.83. The predicted molar refractivity (Wildman–Crippen MR) is 85.3 cm³/mol. The predicted octanol–water partition coefficient (Wildman–Crippen LogP) is 3.11. The van der Waals surface area contributed by atoms with Crippen LogP contribution in [-0.4, -0.2) is 17.7 Å². The quantitative estimate of drug-likeness (QED) is 0.936. The lowest BCUT2D eigenvalue weighted by atomic mass is 10.2. The number of rotatable bonds is 4. The average molecular weight is 280 g/mol.